The molecule has 1 atom stereocenters. The fourth-order valence-electron chi connectivity index (χ4n) is 3.14. The molecule has 1 fully saturated rings. The zero-order valence-electron chi connectivity index (χ0n) is 13.9. The zero-order valence-corrected chi connectivity index (χ0v) is 15.4. The van der Waals surface area contributed by atoms with Crippen LogP contribution in [0.1, 0.15) is 12.0 Å². The van der Waals surface area contributed by atoms with E-state index in [1.165, 1.54) is 4.57 Å². The number of aromatic nitrogens is 4. The molecule has 136 valence electrons. The number of nitrogens with zero attached hydrogens (tertiary/aromatic N) is 3. The van der Waals surface area contributed by atoms with Gasteiger partial charge in [0, 0.05) is 6.54 Å². The Balaban J connectivity index is 1.63. The first-order valence-electron chi connectivity index (χ1n) is 8.45. The van der Waals surface area contributed by atoms with Crippen LogP contribution in [0, 0.1) is 5.92 Å². The van der Waals surface area contributed by atoms with Crippen LogP contribution < -0.4 is 16.3 Å². The predicted octanol–water partition coefficient (Wildman–Crippen LogP) is 2.50. The van der Waals surface area contributed by atoms with E-state index in [0.717, 1.165) is 31.6 Å². The highest BCUT2D eigenvalue weighted by molar-refractivity contribution is 6.42. The third-order valence-corrected chi connectivity index (χ3v) is 5.44. The lowest BCUT2D eigenvalue weighted by Crippen LogP contribution is -2.19. The number of nitrogens with one attached hydrogen (secondary N) is 3. The van der Waals surface area contributed by atoms with E-state index < -0.39 is 0 Å². The molecule has 0 radical (unpaired) electrons. The second-order valence-corrected chi connectivity index (χ2v) is 7.19. The molecule has 0 saturated carbocycles. The van der Waals surface area contributed by atoms with Gasteiger partial charge in [-0.05, 0) is 37.1 Å². The van der Waals surface area contributed by atoms with Gasteiger partial charge < -0.3 is 15.6 Å². The maximum absolute atomic E-state index is 12.4. The van der Waals surface area contributed by atoms with Crippen molar-refractivity contribution in [3.05, 3.63) is 50.5 Å². The van der Waals surface area contributed by atoms with Crippen molar-refractivity contribution in [3.63, 3.8) is 0 Å². The molecule has 1 aliphatic heterocycles. The molecule has 9 heteroatoms. The zero-order chi connectivity index (χ0) is 18.1. The topological polar surface area (TPSA) is 87.6 Å². The van der Waals surface area contributed by atoms with Gasteiger partial charge in [0.05, 0.1) is 22.8 Å². The summed E-state index contributed by atoms with van der Waals surface area (Å²) in [6.07, 6.45) is 2.76. The van der Waals surface area contributed by atoms with E-state index in [9.17, 15) is 4.79 Å². The summed E-state index contributed by atoms with van der Waals surface area (Å²) in [5, 5.41) is 7.49. The maximum Gasteiger partial charge on any atom is 0.328 e. The van der Waals surface area contributed by atoms with E-state index in [1.54, 1.807) is 18.3 Å². The van der Waals surface area contributed by atoms with Crippen molar-refractivity contribution < 1.29 is 0 Å². The largest absolute Gasteiger partial charge is 0.354 e. The van der Waals surface area contributed by atoms with E-state index in [-0.39, 0.29) is 12.2 Å². The third-order valence-electron chi connectivity index (χ3n) is 4.58. The van der Waals surface area contributed by atoms with E-state index >= 15 is 0 Å². The molecule has 1 saturated heterocycles. The van der Waals surface area contributed by atoms with Gasteiger partial charge in [-0.25, -0.2) is 9.78 Å². The lowest BCUT2D eigenvalue weighted by atomic mass is 10.1. The van der Waals surface area contributed by atoms with Crippen LogP contribution in [0.4, 0.5) is 5.95 Å². The highest BCUT2D eigenvalue weighted by Gasteiger charge is 2.16. The van der Waals surface area contributed by atoms with Crippen LogP contribution >= 0.6 is 23.2 Å². The molecule has 0 bridgehead atoms. The molecule has 2 aromatic heterocycles. The van der Waals surface area contributed by atoms with Gasteiger partial charge in [0.25, 0.3) is 0 Å². The summed E-state index contributed by atoms with van der Waals surface area (Å²) in [7, 11) is 0. The number of anilines is 1. The molecule has 0 spiro atoms. The molecule has 1 aliphatic rings. The molecule has 0 aliphatic carbocycles. The average molecular weight is 393 g/mol. The summed E-state index contributed by atoms with van der Waals surface area (Å²) in [4.78, 5) is 23.9. The van der Waals surface area contributed by atoms with E-state index in [1.807, 2.05) is 6.07 Å². The summed E-state index contributed by atoms with van der Waals surface area (Å²) in [6.45, 7) is 3.12. The van der Waals surface area contributed by atoms with Crippen LogP contribution in [-0.4, -0.2) is 39.2 Å². The summed E-state index contributed by atoms with van der Waals surface area (Å²) < 4.78 is 1.54. The minimum absolute atomic E-state index is 0.262. The second kappa shape index (κ2) is 7.26. The van der Waals surface area contributed by atoms with Crippen molar-refractivity contribution in [2.75, 3.05) is 25.0 Å². The fourth-order valence-corrected chi connectivity index (χ4v) is 3.52. The first kappa shape index (κ1) is 17.3. The summed E-state index contributed by atoms with van der Waals surface area (Å²) in [5.41, 5.74) is 1.61. The number of H-pyrrole nitrogens is 1. The van der Waals surface area contributed by atoms with Crippen molar-refractivity contribution in [2.45, 2.75) is 13.0 Å². The molecular formula is C17H18Cl2N6O. The van der Waals surface area contributed by atoms with E-state index in [0.29, 0.717) is 33.1 Å². The molecule has 7 nitrogen and oxygen atoms in total. The van der Waals surface area contributed by atoms with Crippen LogP contribution in [0.5, 0.6) is 0 Å². The normalized spacial score (nSPS) is 17.1. The first-order chi connectivity index (χ1) is 12.6. The van der Waals surface area contributed by atoms with Gasteiger partial charge in [-0.1, -0.05) is 35.3 Å². The van der Waals surface area contributed by atoms with E-state index in [4.69, 9.17) is 23.2 Å². The number of imidazole rings is 1. The van der Waals surface area contributed by atoms with Crippen LogP contribution in [0.15, 0.2) is 29.2 Å². The van der Waals surface area contributed by atoms with Gasteiger partial charge in [-0.15, -0.1) is 0 Å². The number of halogens is 2. The smallest absolute Gasteiger partial charge is 0.328 e. The number of benzene rings is 1. The van der Waals surface area contributed by atoms with Gasteiger partial charge in [-0.3, -0.25) is 4.57 Å². The summed E-state index contributed by atoms with van der Waals surface area (Å²) in [5.74, 6) is 1.07. The number of hydrogen-bond donors (Lipinski definition) is 3. The molecule has 0 amide bonds. The lowest BCUT2D eigenvalue weighted by molar-refractivity contribution is 0.613. The Hall–Kier alpha value is -2.09. The quantitative estimate of drug-likeness (QED) is 0.620. The van der Waals surface area contributed by atoms with Crippen molar-refractivity contribution >= 4 is 40.3 Å². The minimum Gasteiger partial charge on any atom is -0.354 e. The minimum atomic E-state index is -0.262. The van der Waals surface area contributed by atoms with E-state index in [2.05, 4.69) is 25.6 Å². The molecule has 0 unspecified atom stereocenters. The predicted molar refractivity (Wildman–Crippen MR) is 103 cm³/mol. The van der Waals surface area contributed by atoms with Gasteiger partial charge in [-0.2, -0.15) is 4.98 Å². The Morgan fingerprint density at radius 1 is 1.35 bits per heavy atom. The lowest BCUT2D eigenvalue weighted by Gasteiger charge is -2.10. The molecule has 3 N–H and O–H groups in total. The Bertz CT molecular complexity index is 993. The highest BCUT2D eigenvalue weighted by atomic mass is 35.5. The molecular weight excluding hydrogens is 375 g/mol. The van der Waals surface area contributed by atoms with Gasteiger partial charge in [0.15, 0.2) is 5.65 Å². The van der Waals surface area contributed by atoms with Crippen LogP contribution in [0.3, 0.4) is 0 Å². The first-order valence-corrected chi connectivity index (χ1v) is 9.20. The van der Waals surface area contributed by atoms with Crippen LogP contribution in [0.2, 0.25) is 10.0 Å². The van der Waals surface area contributed by atoms with Gasteiger partial charge in [0.2, 0.25) is 5.95 Å². The molecule has 3 aromatic rings. The van der Waals surface area contributed by atoms with Crippen molar-refractivity contribution in [3.8, 4) is 0 Å². The summed E-state index contributed by atoms with van der Waals surface area (Å²) >= 11 is 12.3. The summed E-state index contributed by atoms with van der Waals surface area (Å²) in [6, 6.07) is 5.36. The molecule has 1 aromatic carbocycles. The fraction of sp³-hybridized carbons (Fsp3) is 0.353. The number of aromatic amines is 1. The molecule has 3 heterocycles. The SMILES string of the molecule is O=c1[nH]c2cnc(NC[C@H]3CCNC3)nc2n1Cc1cccc(Cl)c1Cl. The second-order valence-electron chi connectivity index (χ2n) is 6.40. The average Bonchev–Trinajstić information content (AvgIpc) is 3.25. The number of fused-ring (bicyclic) bond motifs is 1. The maximum atomic E-state index is 12.4. The molecule has 4 rings (SSSR count). The van der Waals surface area contributed by atoms with Crippen molar-refractivity contribution in [2.24, 2.45) is 5.92 Å². The number of rotatable bonds is 5. The third kappa shape index (κ3) is 3.42. The Morgan fingerprint density at radius 3 is 3.04 bits per heavy atom. The van der Waals surface area contributed by atoms with Gasteiger partial charge >= 0.3 is 5.69 Å². The number of hydrogen-bond acceptors (Lipinski definition) is 5. The standard InChI is InChI=1S/C17H18Cl2N6O/c18-12-3-1-2-11(14(12)19)9-25-15-13(23-17(25)26)8-22-16(24-15)21-7-10-4-5-20-6-10/h1-3,8,10,20H,4-7,9H2,(H,23,26)(H,21,22,24)/t10-/m0/s1. The van der Waals surface area contributed by atoms with Crippen molar-refractivity contribution in [1.82, 2.24) is 24.8 Å². The van der Waals surface area contributed by atoms with Crippen molar-refractivity contribution in [1.29, 1.82) is 0 Å². The highest BCUT2D eigenvalue weighted by Crippen LogP contribution is 2.26. The van der Waals surface area contributed by atoms with Gasteiger partial charge in [0.1, 0.15) is 5.52 Å². The monoisotopic (exact) mass is 392 g/mol. The Morgan fingerprint density at radius 2 is 2.23 bits per heavy atom. The Labute approximate surface area is 159 Å². The van der Waals surface area contributed by atoms with Crippen LogP contribution in [-0.2, 0) is 6.54 Å². The molecule has 26 heavy (non-hydrogen) atoms. The van der Waals surface area contributed by atoms with Crippen LogP contribution in [0.25, 0.3) is 11.2 Å². The Kier molecular flexibility index (Phi) is 4.84.